The van der Waals surface area contributed by atoms with Gasteiger partial charge in [-0.25, -0.2) is 0 Å². The summed E-state index contributed by atoms with van der Waals surface area (Å²) in [5, 5.41) is 0.184. The molecule has 0 aliphatic rings. The first kappa shape index (κ1) is 16.7. The maximum absolute atomic E-state index is 12.3. The lowest BCUT2D eigenvalue weighted by atomic mass is 10.2. The molecule has 3 nitrogen and oxygen atoms in total. The molecule has 1 aromatic heterocycles. The maximum Gasteiger partial charge on any atom is 0.387 e. The summed E-state index contributed by atoms with van der Waals surface area (Å²) in [6.45, 7) is -2.55. The van der Waals surface area contributed by atoms with Crippen molar-refractivity contribution in [3.05, 3.63) is 75.5 Å². The molecule has 0 aliphatic heterocycles. The second-order valence-corrected chi connectivity index (χ2v) is 6.37. The average Bonchev–Trinajstić information content (AvgIpc) is 2.85. The van der Waals surface area contributed by atoms with Gasteiger partial charge in [0.2, 0.25) is 0 Å². The number of hydrogen-bond donors (Lipinski definition) is 0. The molecule has 0 bridgehead atoms. The highest BCUT2D eigenvalue weighted by Gasteiger charge is 2.15. The molecule has 0 N–H and O–H groups in total. The largest absolute Gasteiger partial charge is 0.435 e. The van der Waals surface area contributed by atoms with Crippen molar-refractivity contribution in [2.75, 3.05) is 0 Å². The van der Waals surface area contributed by atoms with E-state index >= 15 is 0 Å². The number of hydrogen-bond acceptors (Lipinski definition) is 3. The Bertz CT molecular complexity index is 876. The maximum atomic E-state index is 12.3. The van der Waals surface area contributed by atoms with Crippen LogP contribution < -0.4 is 10.3 Å². The lowest BCUT2D eigenvalue weighted by Gasteiger charge is -2.05. The number of nitrogens with zero attached hydrogens (tertiary/aromatic N) is 1. The van der Waals surface area contributed by atoms with Gasteiger partial charge in [-0.3, -0.25) is 8.75 Å². The van der Waals surface area contributed by atoms with E-state index in [-0.39, 0.29) is 16.3 Å². The number of ether oxygens (including phenoxy) is 1. The van der Waals surface area contributed by atoms with Gasteiger partial charge >= 0.3 is 6.61 Å². The van der Waals surface area contributed by atoms with Gasteiger partial charge in [0, 0.05) is 0 Å². The first-order chi connectivity index (χ1) is 11.5. The molecule has 0 fully saturated rings. The van der Waals surface area contributed by atoms with E-state index in [1.54, 1.807) is 12.1 Å². The minimum Gasteiger partial charge on any atom is -0.435 e. The molecule has 3 rings (SSSR count). The van der Waals surface area contributed by atoms with E-state index in [9.17, 15) is 13.6 Å². The summed E-state index contributed by atoms with van der Waals surface area (Å²) >= 11 is 7.44. The molecule has 0 atom stereocenters. The molecule has 1 heterocycles. The lowest BCUT2D eigenvalue weighted by molar-refractivity contribution is -0.0498. The van der Waals surface area contributed by atoms with Crippen LogP contribution in [0.1, 0.15) is 5.56 Å². The number of aromatic nitrogens is 1. The summed E-state index contributed by atoms with van der Waals surface area (Å²) < 4.78 is 30.1. The summed E-state index contributed by atoms with van der Waals surface area (Å²) in [6, 6.07) is 15.6. The molecule has 0 spiro atoms. The Morgan fingerprint density at radius 3 is 2.38 bits per heavy atom. The van der Waals surface area contributed by atoms with Gasteiger partial charge in [-0.1, -0.05) is 65.6 Å². The van der Waals surface area contributed by atoms with Gasteiger partial charge in [-0.2, -0.15) is 8.78 Å². The Labute approximate surface area is 145 Å². The first-order valence-corrected chi connectivity index (χ1v) is 8.18. The van der Waals surface area contributed by atoms with E-state index in [4.69, 9.17) is 11.6 Å². The second-order valence-electron chi connectivity index (χ2n) is 4.96. The molecule has 3 aromatic rings. The van der Waals surface area contributed by atoms with Crippen LogP contribution in [0.4, 0.5) is 8.78 Å². The van der Waals surface area contributed by atoms with Crippen molar-refractivity contribution in [2.45, 2.75) is 13.2 Å². The number of alkyl halides is 2. The van der Waals surface area contributed by atoms with Crippen LogP contribution in [0.5, 0.6) is 5.75 Å². The van der Waals surface area contributed by atoms with Crippen molar-refractivity contribution >= 4 is 23.1 Å². The Morgan fingerprint density at radius 2 is 1.75 bits per heavy atom. The lowest BCUT2D eigenvalue weighted by Crippen LogP contribution is -2.13. The van der Waals surface area contributed by atoms with E-state index < -0.39 is 6.61 Å². The molecule has 24 heavy (non-hydrogen) atoms. The molecule has 0 saturated heterocycles. The van der Waals surface area contributed by atoms with Crippen molar-refractivity contribution in [3.8, 4) is 16.2 Å². The molecule has 7 heteroatoms. The van der Waals surface area contributed by atoms with Crippen LogP contribution in [0.25, 0.3) is 10.4 Å². The van der Waals surface area contributed by atoms with E-state index in [0.717, 1.165) is 11.1 Å². The van der Waals surface area contributed by atoms with Gasteiger partial charge in [0.1, 0.15) is 10.8 Å². The number of benzene rings is 2. The fraction of sp³-hybridized carbons (Fsp3) is 0.118. The molecule has 0 amide bonds. The summed E-state index contributed by atoms with van der Waals surface area (Å²) in [5.74, 6) is 0.0790. The molecule has 2 aromatic carbocycles. The highest BCUT2D eigenvalue weighted by atomic mass is 35.5. The smallest absolute Gasteiger partial charge is 0.387 e. The summed E-state index contributed by atoms with van der Waals surface area (Å²) in [4.78, 5) is 13.0. The molecule has 0 radical (unpaired) electrons. The summed E-state index contributed by atoms with van der Waals surface area (Å²) in [7, 11) is 0. The van der Waals surface area contributed by atoms with Gasteiger partial charge < -0.3 is 4.74 Å². The fourth-order valence-electron chi connectivity index (χ4n) is 2.21. The van der Waals surface area contributed by atoms with Gasteiger partial charge in [-0.15, -0.1) is 0 Å². The van der Waals surface area contributed by atoms with Gasteiger partial charge in [0.05, 0.1) is 11.4 Å². The third kappa shape index (κ3) is 3.66. The summed E-state index contributed by atoms with van der Waals surface area (Å²) in [6.07, 6.45) is 0. The molecule has 124 valence electrons. The first-order valence-electron chi connectivity index (χ1n) is 7.03. The zero-order valence-electron chi connectivity index (χ0n) is 12.3. The highest BCUT2D eigenvalue weighted by Crippen LogP contribution is 2.30. The topological polar surface area (TPSA) is 31.2 Å². The van der Waals surface area contributed by atoms with Gasteiger partial charge in [0.15, 0.2) is 0 Å². The molecule has 0 aliphatic carbocycles. The van der Waals surface area contributed by atoms with Crippen molar-refractivity contribution in [2.24, 2.45) is 0 Å². The van der Waals surface area contributed by atoms with Crippen molar-refractivity contribution < 1.29 is 13.5 Å². The predicted molar refractivity (Wildman–Crippen MR) is 91.2 cm³/mol. The van der Waals surface area contributed by atoms with Gasteiger partial charge in [0.25, 0.3) is 5.56 Å². The third-order valence-electron chi connectivity index (χ3n) is 3.33. The minimum absolute atomic E-state index is 0.0790. The van der Waals surface area contributed by atoms with E-state index in [1.165, 1.54) is 27.6 Å². The molecule has 0 saturated carbocycles. The molecule has 0 unspecified atom stereocenters. The Balaban J connectivity index is 1.85. The number of rotatable bonds is 5. The van der Waals surface area contributed by atoms with Crippen molar-refractivity contribution in [1.29, 1.82) is 0 Å². The monoisotopic (exact) mass is 367 g/mol. The van der Waals surface area contributed by atoms with Crippen LogP contribution in [-0.2, 0) is 6.54 Å². The molecular weight excluding hydrogens is 356 g/mol. The normalized spacial score (nSPS) is 11.0. The van der Waals surface area contributed by atoms with E-state index in [1.807, 2.05) is 30.3 Å². The van der Waals surface area contributed by atoms with Crippen LogP contribution in [0, 0.1) is 0 Å². The SMILES string of the molecule is O=c1c(Cl)c(-c2ccccc2)sn1Cc1ccc(OC(F)F)cc1. The third-order valence-corrected chi connectivity index (χ3v) is 4.93. The zero-order chi connectivity index (χ0) is 17.1. The Hall–Kier alpha value is -2.18. The second kappa shape index (κ2) is 7.15. The van der Waals surface area contributed by atoms with Crippen LogP contribution >= 0.6 is 23.1 Å². The quantitative estimate of drug-likeness (QED) is 0.643. The Morgan fingerprint density at radius 1 is 1.08 bits per heavy atom. The van der Waals surface area contributed by atoms with Crippen molar-refractivity contribution in [3.63, 3.8) is 0 Å². The minimum atomic E-state index is -2.86. The zero-order valence-corrected chi connectivity index (χ0v) is 13.9. The molecular formula is C17H12ClF2NO2S. The fourth-order valence-corrected chi connectivity index (χ4v) is 3.60. The number of halogens is 3. The van der Waals surface area contributed by atoms with Crippen LogP contribution in [0.2, 0.25) is 5.02 Å². The van der Waals surface area contributed by atoms with E-state index in [0.29, 0.717) is 11.4 Å². The average molecular weight is 368 g/mol. The summed E-state index contributed by atoms with van der Waals surface area (Å²) in [5.41, 5.74) is 1.40. The predicted octanol–water partition coefficient (Wildman–Crippen LogP) is 4.88. The Kier molecular flexibility index (Phi) is 4.97. The van der Waals surface area contributed by atoms with Gasteiger partial charge in [-0.05, 0) is 23.3 Å². The van der Waals surface area contributed by atoms with Crippen molar-refractivity contribution in [1.82, 2.24) is 3.96 Å². The van der Waals surface area contributed by atoms with Crippen LogP contribution in [0.3, 0.4) is 0 Å². The standard InChI is InChI=1S/C17H12ClF2NO2S/c18-14-15(12-4-2-1-3-5-12)24-21(16(14)22)10-11-6-8-13(9-7-11)23-17(19)20/h1-9,17H,10H2. The van der Waals surface area contributed by atoms with E-state index in [2.05, 4.69) is 4.74 Å². The van der Waals surface area contributed by atoms with Crippen LogP contribution in [-0.4, -0.2) is 10.6 Å². The van der Waals surface area contributed by atoms with Crippen LogP contribution in [0.15, 0.2) is 59.4 Å². The highest BCUT2D eigenvalue weighted by molar-refractivity contribution is 7.11.